The largest absolute Gasteiger partial charge is 0.398 e. The molecule has 10 aromatic heterocycles. The van der Waals surface area contributed by atoms with Crippen LogP contribution in [0.25, 0.3) is 67.6 Å². The van der Waals surface area contributed by atoms with Crippen LogP contribution in [-0.2, 0) is 46.1 Å². The first-order valence-corrected chi connectivity index (χ1v) is 43.9. The molecule has 17 heterocycles. The number of non-ortho nitro benzene ring substituents is 1. The van der Waals surface area contributed by atoms with Gasteiger partial charge in [0.25, 0.3) is 5.69 Å². The average molecular weight is 1760 g/mol. The van der Waals surface area contributed by atoms with Gasteiger partial charge in [0.15, 0.2) is 58.2 Å². The number of fused-ring (bicyclic) bond motifs is 8. The maximum absolute atomic E-state index is 11.8. The summed E-state index contributed by atoms with van der Waals surface area (Å²) in [6.45, 7) is 20.0. The highest BCUT2D eigenvalue weighted by molar-refractivity contribution is 6.10. The molecule has 0 aliphatic carbocycles. The molecule has 7 fully saturated rings. The molecule has 0 spiro atoms. The molecule has 14 aromatic rings. The Hall–Kier alpha value is -14.5. The number of H-pyrrole nitrogens is 1. The zero-order chi connectivity index (χ0) is 89.7. The lowest BCUT2D eigenvalue weighted by molar-refractivity contribution is -0.384. The molecule has 2 amide bonds. The number of nitrogen functional groups attached to an aromatic ring is 2. The summed E-state index contributed by atoms with van der Waals surface area (Å²) in [5.41, 5.74) is 23.4. The van der Waals surface area contributed by atoms with E-state index in [1.807, 2.05) is 187 Å². The van der Waals surface area contributed by atoms with E-state index in [0.717, 1.165) is 181 Å². The number of aromatic amines is 1. The van der Waals surface area contributed by atoms with E-state index in [0.29, 0.717) is 117 Å². The number of amidine groups is 2. The van der Waals surface area contributed by atoms with Crippen LogP contribution in [-0.4, -0.2) is 254 Å². The number of ether oxygens (including phenoxy) is 5. The van der Waals surface area contributed by atoms with Crippen LogP contribution in [0.4, 0.5) is 40.6 Å². The monoisotopic (exact) mass is 1760 g/mol. The van der Waals surface area contributed by atoms with Crippen LogP contribution in [0.1, 0.15) is 81.3 Å². The second kappa shape index (κ2) is 40.2. The number of nitrogens with one attached hydrogen (secondary N) is 5. The number of rotatable bonds is 18. The number of aliphatic imine (C=N–C) groups is 1. The molecule has 7 saturated heterocycles. The van der Waals surface area contributed by atoms with Gasteiger partial charge in [-0.1, -0.05) is 48.5 Å². The van der Waals surface area contributed by atoms with Crippen LogP contribution in [0.2, 0.25) is 0 Å². The number of hydrogen-bond donors (Lipinski definition) is 7. The Kier molecular flexibility index (Phi) is 27.1. The molecule has 21 rings (SSSR count). The Morgan fingerprint density at radius 2 is 0.931 bits per heavy atom. The molecular weight excluding hydrogens is 1650 g/mol. The van der Waals surface area contributed by atoms with Crippen molar-refractivity contribution < 1.29 is 38.2 Å². The van der Waals surface area contributed by atoms with E-state index in [-0.39, 0.29) is 41.5 Å². The summed E-state index contributed by atoms with van der Waals surface area (Å²) in [6.07, 6.45) is 20.7. The van der Waals surface area contributed by atoms with E-state index in [2.05, 4.69) is 76.4 Å². The number of amides is 2. The molecule has 37 heteroatoms. The fourth-order valence-corrected chi connectivity index (χ4v) is 17.0. The fraction of sp³-hybridized carbons (Fsp3) is 0.344. The highest BCUT2D eigenvalue weighted by Gasteiger charge is 2.38. The molecule has 2 unspecified atom stereocenters. The topological polar surface area (TPSA) is 438 Å². The van der Waals surface area contributed by atoms with Gasteiger partial charge in [0.1, 0.15) is 22.1 Å². The number of carbonyl (C=O) groups is 2. The van der Waals surface area contributed by atoms with E-state index in [9.17, 15) is 19.7 Å². The van der Waals surface area contributed by atoms with Crippen molar-refractivity contribution in [3.8, 4) is 45.6 Å². The van der Waals surface area contributed by atoms with Gasteiger partial charge in [0, 0.05) is 174 Å². The number of hydrogen-bond acceptors (Lipinski definition) is 27. The molecule has 37 nitrogen and oxygen atoms in total. The Morgan fingerprint density at radius 3 is 1.35 bits per heavy atom. The summed E-state index contributed by atoms with van der Waals surface area (Å²) in [4.78, 5) is 80.3. The summed E-state index contributed by atoms with van der Waals surface area (Å²) >= 11 is 0. The Balaban J connectivity index is 0.000000114. The van der Waals surface area contributed by atoms with Crippen molar-refractivity contribution in [2.75, 3.05) is 136 Å². The maximum Gasteiger partial charge on any atom is 0.269 e. The maximum atomic E-state index is 11.8. The molecule has 4 bridgehead atoms. The van der Waals surface area contributed by atoms with Gasteiger partial charge in [-0.15, -0.1) is 20.4 Å². The summed E-state index contributed by atoms with van der Waals surface area (Å²) in [5.74, 6) is 7.28. The number of aromatic nitrogens is 15. The summed E-state index contributed by atoms with van der Waals surface area (Å²) in [6, 6.07) is 47.1. The first-order chi connectivity index (χ1) is 63.4. The number of nitrogens with zero attached hydrogens (tertiary/aromatic N) is 21. The molecular formula is C93H104N28O9. The van der Waals surface area contributed by atoms with Crippen LogP contribution in [0, 0.1) is 20.9 Å². The number of benzene rings is 4. The molecule has 0 saturated carbocycles. The van der Waals surface area contributed by atoms with Crippen molar-refractivity contribution in [1.29, 1.82) is 10.8 Å². The highest BCUT2D eigenvalue weighted by atomic mass is 16.6. The lowest BCUT2D eigenvalue weighted by Crippen LogP contribution is -2.48. The first-order valence-electron chi connectivity index (χ1n) is 43.9. The Morgan fingerprint density at radius 1 is 0.523 bits per heavy atom. The van der Waals surface area contributed by atoms with Gasteiger partial charge >= 0.3 is 0 Å². The van der Waals surface area contributed by atoms with Crippen molar-refractivity contribution in [3.05, 3.63) is 233 Å². The van der Waals surface area contributed by atoms with Crippen molar-refractivity contribution in [3.63, 3.8) is 0 Å². The highest BCUT2D eigenvalue weighted by Crippen LogP contribution is 2.36. The second-order valence-corrected chi connectivity index (χ2v) is 32.6. The summed E-state index contributed by atoms with van der Waals surface area (Å²) < 4.78 is 36.0. The summed E-state index contributed by atoms with van der Waals surface area (Å²) in [5, 5.41) is 50.9. The Labute approximate surface area is 749 Å². The molecule has 9 N–H and O–H groups in total. The van der Waals surface area contributed by atoms with Crippen LogP contribution >= 0.6 is 0 Å². The quantitative estimate of drug-likeness (QED) is 0.0138. The number of nitro benzene ring substituents is 1. The van der Waals surface area contributed by atoms with Crippen LogP contribution in [0.3, 0.4) is 0 Å². The second-order valence-electron chi connectivity index (χ2n) is 32.6. The third kappa shape index (κ3) is 20.7. The minimum absolute atomic E-state index is 0.00191. The zero-order valence-electron chi connectivity index (χ0n) is 72.8. The van der Waals surface area contributed by atoms with Gasteiger partial charge in [-0.2, -0.15) is 0 Å². The lowest BCUT2D eigenvalue weighted by atomic mass is 10.1. The van der Waals surface area contributed by atoms with Gasteiger partial charge < -0.3 is 80.7 Å². The number of morpholine rings is 5. The predicted octanol–water partition coefficient (Wildman–Crippen LogP) is 10.1. The SMILES string of the molecule is CCNC(=O)Cc1ccc(-c2nc(N3C[C@H]4CC[C@@H](C3)O4)c3cccn3n2)cc1.CCNC(=O)Cc1ccc(C(=N)N=C(c2ccc[nH]2)N2CC(C)OC(C)C2)cc1.N=Cc1cc(-c2nc(N3C[C@H]4CC[C@@H](C3)O4)c3cccn3n2)ccc1N.Nc1ncc(-c2nc(N3CCOCC3)c3cccn3n2)cn1.O=[N+]([O-])c1ccc(-c2nc(N3CCOCC3)c3cccn3n2)cc1. The van der Waals surface area contributed by atoms with Crippen LogP contribution in [0.15, 0.2) is 200 Å². The fourth-order valence-electron chi connectivity index (χ4n) is 17.0. The van der Waals surface area contributed by atoms with E-state index in [4.69, 9.17) is 71.0 Å². The van der Waals surface area contributed by atoms with Gasteiger partial charge in [0.05, 0.1) is 92.1 Å². The van der Waals surface area contributed by atoms with E-state index in [1.165, 1.54) is 18.3 Å². The average Bonchev–Trinajstić information content (AvgIpc) is 1.61. The summed E-state index contributed by atoms with van der Waals surface area (Å²) in [7, 11) is 0. The van der Waals surface area contributed by atoms with Crippen molar-refractivity contribution >= 4 is 92.4 Å². The number of likely N-dealkylation sites (N-methyl/N-ethyl adjacent to an activating group) is 2. The van der Waals surface area contributed by atoms with E-state index >= 15 is 0 Å². The normalized spacial score (nSPS) is 18.9. The van der Waals surface area contributed by atoms with Crippen LogP contribution < -0.4 is 41.7 Å². The van der Waals surface area contributed by atoms with Crippen molar-refractivity contribution in [1.82, 2.24) is 88.9 Å². The van der Waals surface area contributed by atoms with Crippen LogP contribution in [0.5, 0.6) is 0 Å². The molecule has 7 aliphatic rings. The van der Waals surface area contributed by atoms with Gasteiger partial charge in [-0.3, -0.25) is 25.1 Å². The Bertz CT molecular complexity index is 6300. The molecule has 6 atom stereocenters. The number of nitrogens with two attached hydrogens (primary N) is 2. The standard InChI is InChI=1S/C22H25N5O2.C22H29N5O2.C19H20N6O.C16H15N5O3.C14H15N7O/c1-2-23-20(28)12-15-5-7-16(8-6-15)21-24-22(19-4-3-11-27(19)25-21)26-13-17-9-10-18(14-26)29-17;1-4-24-20(28)12-17-7-9-18(10-8-17)21(23)26-22(19-6-5-11-25-19)27-13-15(2)29-16(3)14-27;20-9-13-8-12(3-6-16(13)21)18-22-19(17-2-1-7-25(17)23-18)24-10-14-4-5-15(11-24)26-14;22-21(23)13-5-3-12(4-6-13)15-17-16(19-8-10-24-11-9-19)14-2-1-7-20(14)18-15;15-14-16-8-10(9-17-14)12-18-13(20-4-6-22-7-5-20)11-2-1-3-21(11)19-12/h3-8,11,17-18H,2,9-10,12-14H2,1H3,(H,23,28);5-11,15-16,23,25H,4,12-14H2,1-3H3,(H,24,28);1-3,6-9,14-15,20H,4-5,10-11,21H2;1-7H,8-11H2;1-3,8-9H,4-7H2,(H2,15,16,17)/t17-,18+;;14-,15+;;. The zero-order valence-corrected chi connectivity index (χ0v) is 72.8. The van der Waals surface area contributed by atoms with Crippen molar-refractivity contribution in [2.45, 2.75) is 103 Å². The molecule has 670 valence electrons. The number of anilines is 6. The van der Waals surface area contributed by atoms with Gasteiger partial charge in [-0.25, -0.2) is 53.0 Å². The predicted molar refractivity (Wildman–Crippen MR) is 496 cm³/mol. The smallest absolute Gasteiger partial charge is 0.269 e. The third-order valence-corrected chi connectivity index (χ3v) is 23.3. The molecule has 130 heavy (non-hydrogen) atoms. The molecule has 0 radical (unpaired) electrons. The minimum Gasteiger partial charge on any atom is -0.398 e. The van der Waals surface area contributed by atoms with Gasteiger partial charge in [-0.05, 0) is 156 Å². The van der Waals surface area contributed by atoms with Gasteiger partial charge in [0.2, 0.25) is 17.8 Å². The number of carbonyl (C=O) groups excluding carboxylic acids is 2. The molecule has 7 aliphatic heterocycles. The molecule has 4 aromatic carbocycles. The first kappa shape index (κ1) is 87.5. The minimum atomic E-state index is -0.418. The number of nitro groups is 1. The van der Waals surface area contributed by atoms with Crippen molar-refractivity contribution in [2.24, 2.45) is 4.99 Å². The lowest BCUT2D eigenvalue weighted by Gasteiger charge is -2.37. The van der Waals surface area contributed by atoms with E-state index < -0.39 is 4.92 Å². The third-order valence-electron chi connectivity index (χ3n) is 23.3. The van der Waals surface area contributed by atoms with E-state index in [1.54, 1.807) is 35.1 Å².